The summed E-state index contributed by atoms with van der Waals surface area (Å²) in [5.41, 5.74) is 1.79. The first-order valence-corrected chi connectivity index (χ1v) is 11.1. The van der Waals surface area contributed by atoms with Crippen LogP contribution in [0.2, 0.25) is 5.02 Å². The molecule has 2 aromatic rings. The van der Waals surface area contributed by atoms with Crippen LogP contribution in [0.1, 0.15) is 34.2 Å². The molecule has 0 bridgehead atoms. The van der Waals surface area contributed by atoms with E-state index in [4.69, 9.17) is 11.6 Å². The van der Waals surface area contributed by atoms with Crippen LogP contribution in [0.25, 0.3) is 0 Å². The Hall–Kier alpha value is -2.12. The zero-order chi connectivity index (χ0) is 21.0. The minimum Gasteiger partial charge on any atom is -0.368 e. The second kappa shape index (κ2) is 9.59. The average Bonchev–Trinajstić information content (AvgIpc) is 3.05. The Labute approximate surface area is 180 Å². The number of piperazine rings is 1. The molecule has 2 amide bonds. The first kappa shape index (κ1) is 21.6. The van der Waals surface area contributed by atoms with Crippen molar-refractivity contribution in [1.82, 2.24) is 15.2 Å². The number of aryl methyl sites for hydroxylation is 1. The van der Waals surface area contributed by atoms with Crippen LogP contribution in [0.5, 0.6) is 0 Å². The van der Waals surface area contributed by atoms with Crippen LogP contribution in [0.4, 0.5) is 5.69 Å². The molecule has 1 aliphatic rings. The highest BCUT2D eigenvalue weighted by Gasteiger charge is 2.23. The summed E-state index contributed by atoms with van der Waals surface area (Å²) in [6.45, 7) is 8.83. The van der Waals surface area contributed by atoms with E-state index in [-0.39, 0.29) is 18.4 Å². The van der Waals surface area contributed by atoms with E-state index in [0.29, 0.717) is 28.9 Å². The summed E-state index contributed by atoms with van der Waals surface area (Å²) in [5.74, 6) is 0.207. The third-order valence-corrected chi connectivity index (χ3v) is 6.25. The number of carbonyl (C=O) groups is 2. The quantitative estimate of drug-likeness (QED) is 0.756. The largest absolute Gasteiger partial charge is 0.368 e. The van der Waals surface area contributed by atoms with E-state index >= 15 is 0 Å². The fourth-order valence-corrected chi connectivity index (χ4v) is 4.71. The minimum absolute atomic E-state index is 0.00680. The van der Waals surface area contributed by atoms with Gasteiger partial charge in [-0.15, -0.1) is 11.3 Å². The summed E-state index contributed by atoms with van der Waals surface area (Å²) in [5, 5.41) is 4.43. The molecular weight excluding hydrogens is 408 g/mol. The van der Waals surface area contributed by atoms with Gasteiger partial charge in [-0.25, -0.2) is 4.98 Å². The van der Waals surface area contributed by atoms with Crippen LogP contribution < -0.4 is 10.2 Å². The Kier molecular flexibility index (Phi) is 7.14. The van der Waals surface area contributed by atoms with Gasteiger partial charge in [0.15, 0.2) is 0 Å². The lowest BCUT2D eigenvalue weighted by Gasteiger charge is -2.36. The number of carbonyl (C=O) groups excluding carboxylic acids is 2. The van der Waals surface area contributed by atoms with Gasteiger partial charge in [0.05, 0.1) is 17.2 Å². The number of nitrogens with one attached hydrogen (secondary N) is 1. The predicted molar refractivity (Wildman–Crippen MR) is 118 cm³/mol. The third kappa shape index (κ3) is 5.70. The Morgan fingerprint density at radius 3 is 2.62 bits per heavy atom. The van der Waals surface area contributed by atoms with E-state index in [1.165, 1.54) is 11.3 Å². The Bertz CT molecular complexity index is 875. The lowest BCUT2D eigenvalue weighted by molar-refractivity contribution is -0.130. The Balaban J connectivity index is 1.49. The first-order valence-electron chi connectivity index (χ1n) is 9.86. The molecular formula is C21H27ClN4O2S. The smallest absolute Gasteiger partial charge is 0.263 e. The van der Waals surface area contributed by atoms with Gasteiger partial charge in [-0.1, -0.05) is 31.5 Å². The van der Waals surface area contributed by atoms with E-state index < -0.39 is 0 Å². The summed E-state index contributed by atoms with van der Waals surface area (Å²) < 4.78 is 0. The molecule has 1 fully saturated rings. The number of anilines is 1. The zero-order valence-corrected chi connectivity index (χ0v) is 18.6. The summed E-state index contributed by atoms with van der Waals surface area (Å²) in [4.78, 5) is 34.1. The van der Waals surface area contributed by atoms with Crippen LogP contribution in [0, 0.1) is 12.8 Å². The molecule has 1 aromatic heterocycles. The normalized spacial score (nSPS) is 14.4. The van der Waals surface area contributed by atoms with E-state index in [1.807, 2.05) is 31.2 Å². The van der Waals surface area contributed by atoms with Gasteiger partial charge >= 0.3 is 0 Å². The second-order valence-electron chi connectivity index (χ2n) is 7.65. The maximum Gasteiger partial charge on any atom is 0.263 e. The van der Waals surface area contributed by atoms with E-state index in [2.05, 4.69) is 29.0 Å². The van der Waals surface area contributed by atoms with Crippen molar-refractivity contribution in [3.8, 4) is 0 Å². The van der Waals surface area contributed by atoms with Gasteiger partial charge in [0.25, 0.3) is 5.91 Å². The van der Waals surface area contributed by atoms with Crippen LogP contribution in [-0.2, 0) is 11.2 Å². The topological polar surface area (TPSA) is 65.5 Å². The number of halogens is 1. The van der Waals surface area contributed by atoms with E-state index in [1.54, 1.807) is 4.90 Å². The molecule has 156 valence electrons. The number of amides is 2. The monoisotopic (exact) mass is 434 g/mol. The zero-order valence-electron chi connectivity index (χ0n) is 17.1. The lowest BCUT2D eigenvalue weighted by atomic mass is 10.1. The maximum atomic E-state index is 12.5. The van der Waals surface area contributed by atoms with Crippen LogP contribution >= 0.6 is 22.9 Å². The molecule has 0 unspecified atom stereocenters. The van der Waals surface area contributed by atoms with Crippen molar-refractivity contribution in [3.63, 3.8) is 0 Å². The fourth-order valence-electron chi connectivity index (χ4n) is 3.33. The number of hydrogen-bond donors (Lipinski definition) is 1. The standard InChI is InChI=1S/C21H27ClN4O2S/c1-14(2)11-18-24-15(3)20(29-18)21(28)23-13-19(27)26-9-7-25(8-10-26)17-6-4-5-16(22)12-17/h4-6,12,14H,7-11,13H2,1-3H3,(H,23,28). The van der Waals surface area contributed by atoms with Gasteiger partial charge in [-0.3, -0.25) is 9.59 Å². The van der Waals surface area contributed by atoms with Crippen LogP contribution in [-0.4, -0.2) is 54.4 Å². The summed E-state index contributed by atoms with van der Waals surface area (Å²) in [6.07, 6.45) is 0.856. The molecule has 0 spiro atoms. The van der Waals surface area contributed by atoms with E-state index in [0.717, 1.165) is 35.9 Å². The average molecular weight is 435 g/mol. The lowest BCUT2D eigenvalue weighted by Crippen LogP contribution is -2.51. The molecule has 0 radical (unpaired) electrons. The van der Waals surface area contributed by atoms with Crippen molar-refractivity contribution in [2.75, 3.05) is 37.6 Å². The molecule has 1 aromatic carbocycles. The number of hydrogen-bond acceptors (Lipinski definition) is 5. The predicted octanol–water partition coefficient (Wildman–Crippen LogP) is 3.38. The first-order chi connectivity index (χ1) is 13.8. The van der Waals surface area contributed by atoms with Crippen molar-refractivity contribution in [2.24, 2.45) is 5.92 Å². The number of rotatable bonds is 6. The van der Waals surface area contributed by atoms with Gasteiger partial charge in [-0.2, -0.15) is 0 Å². The molecule has 1 saturated heterocycles. The van der Waals surface area contributed by atoms with Crippen LogP contribution in [0.3, 0.4) is 0 Å². The van der Waals surface area contributed by atoms with Gasteiger partial charge in [0.1, 0.15) is 4.88 Å². The van der Waals surface area contributed by atoms with Crippen molar-refractivity contribution < 1.29 is 9.59 Å². The fraction of sp³-hybridized carbons (Fsp3) is 0.476. The van der Waals surface area contributed by atoms with Gasteiger partial charge in [0, 0.05) is 43.3 Å². The Morgan fingerprint density at radius 2 is 1.97 bits per heavy atom. The van der Waals surface area contributed by atoms with E-state index in [9.17, 15) is 9.59 Å². The van der Waals surface area contributed by atoms with Gasteiger partial charge < -0.3 is 15.1 Å². The molecule has 0 saturated carbocycles. The van der Waals surface area contributed by atoms with Crippen LogP contribution in [0.15, 0.2) is 24.3 Å². The number of nitrogens with zero attached hydrogens (tertiary/aromatic N) is 3. The highest BCUT2D eigenvalue weighted by atomic mass is 35.5. The molecule has 8 heteroatoms. The molecule has 0 aliphatic carbocycles. The maximum absolute atomic E-state index is 12.5. The second-order valence-corrected chi connectivity index (χ2v) is 9.17. The molecule has 1 aliphatic heterocycles. The summed E-state index contributed by atoms with van der Waals surface area (Å²) in [7, 11) is 0. The minimum atomic E-state index is -0.221. The molecule has 0 atom stereocenters. The highest BCUT2D eigenvalue weighted by Crippen LogP contribution is 2.22. The third-order valence-electron chi connectivity index (χ3n) is 4.84. The number of benzene rings is 1. The van der Waals surface area contributed by atoms with Crippen molar-refractivity contribution in [3.05, 3.63) is 44.9 Å². The van der Waals surface area contributed by atoms with Crippen molar-refractivity contribution >= 4 is 40.4 Å². The van der Waals surface area contributed by atoms with Crippen molar-refractivity contribution in [2.45, 2.75) is 27.2 Å². The molecule has 2 heterocycles. The SMILES string of the molecule is Cc1nc(CC(C)C)sc1C(=O)NCC(=O)N1CCN(c2cccc(Cl)c2)CC1. The Morgan fingerprint density at radius 1 is 1.24 bits per heavy atom. The number of aromatic nitrogens is 1. The van der Waals surface area contributed by atoms with Gasteiger partial charge in [0.2, 0.25) is 5.91 Å². The molecule has 29 heavy (non-hydrogen) atoms. The molecule has 3 rings (SSSR count). The highest BCUT2D eigenvalue weighted by molar-refractivity contribution is 7.13. The summed E-state index contributed by atoms with van der Waals surface area (Å²) >= 11 is 7.48. The molecule has 6 nitrogen and oxygen atoms in total. The van der Waals surface area contributed by atoms with Gasteiger partial charge in [-0.05, 0) is 31.0 Å². The number of thiazole rings is 1. The molecule has 1 N–H and O–H groups in total. The van der Waals surface area contributed by atoms with Crippen molar-refractivity contribution in [1.29, 1.82) is 0 Å². The summed E-state index contributed by atoms with van der Waals surface area (Å²) in [6, 6.07) is 7.74.